The van der Waals surface area contributed by atoms with E-state index in [-0.39, 0.29) is 5.82 Å². The van der Waals surface area contributed by atoms with Gasteiger partial charge in [-0.3, -0.25) is 9.99 Å². The summed E-state index contributed by atoms with van der Waals surface area (Å²) in [7, 11) is 7.06. The largest absolute Gasteiger partial charge is 0.378 e. The van der Waals surface area contributed by atoms with Crippen molar-refractivity contribution in [3.05, 3.63) is 76.5 Å². The third-order valence-corrected chi connectivity index (χ3v) is 7.55. The van der Waals surface area contributed by atoms with Crippen molar-refractivity contribution in [2.45, 2.75) is 43.6 Å². The van der Waals surface area contributed by atoms with E-state index >= 15 is 0 Å². The second-order valence-electron chi connectivity index (χ2n) is 10.0. The van der Waals surface area contributed by atoms with Crippen LogP contribution in [0.15, 0.2) is 54.5 Å². The molecule has 2 fully saturated rings. The van der Waals surface area contributed by atoms with Gasteiger partial charge in [0.25, 0.3) is 0 Å². The fourth-order valence-corrected chi connectivity index (χ4v) is 5.28. The van der Waals surface area contributed by atoms with Gasteiger partial charge in [-0.25, -0.2) is 9.40 Å². The first kappa shape index (κ1) is 24.8. The number of hydrazine groups is 3. The number of hydrogen-bond acceptors (Lipinski definition) is 8. The molecule has 3 aromatic rings. The monoisotopic (exact) mass is 528 g/mol. The molecule has 1 saturated heterocycles. The molecule has 0 spiro atoms. The number of rotatable bonds is 7. The van der Waals surface area contributed by atoms with E-state index < -0.39 is 5.44 Å². The van der Waals surface area contributed by atoms with Crippen molar-refractivity contribution >= 4 is 41.7 Å². The number of nitrogens with one attached hydrogen (secondary N) is 4. The Balaban J connectivity index is 1.42. The van der Waals surface area contributed by atoms with E-state index in [0.29, 0.717) is 50.2 Å². The van der Waals surface area contributed by atoms with Crippen LogP contribution in [0, 0.1) is 17.1 Å². The zero-order chi connectivity index (χ0) is 26.3. The van der Waals surface area contributed by atoms with Crippen molar-refractivity contribution in [3.63, 3.8) is 0 Å². The molecule has 2 aliphatic heterocycles. The van der Waals surface area contributed by atoms with Gasteiger partial charge in [-0.05, 0) is 55.5 Å². The summed E-state index contributed by atoms with van der Waals surface area (Å²) in [6.45, 7) is 1.78. The number of piperidine rings is 1. The summed E-state index contributed by atoms with van der Waals surface area (Å²) in [5.74, 6) is -0.348. The first-order valence-electron chi connectivity index (χ1n) is 12.8. The summed E-state index contributed by atoms with van der Waals surface area (Å²) in [5.41, 5.74) is 12.2. The van der Waals surface area contributed by atoms with E-state index in [4.69, 9.17) is 19.4 Å². The molecule has 192 valence electrons. The highest BCUT2D eigenvalue weighted by Crippen LogP contribution is 2.38. The Hall–Kier alpha value is -3.52. The van der Waals surface area contributed by atoms with Crippen LogP contribution in [-0.4, -0.2) is 42.0 Å². The molecule has 1 aromatic heterocycles. The average molecular weight is 529 g/mol. The number of benzene rings is 2. The van der Waals surface area contributed by atoms with E-state index in [1.54, 1.807) is 24.4 Å². The fourth-order valence-electron chi connectivity index (χ4n) is 5.01. The predicted molar refractivity (Wildman–Crippen MR) is 147 cm³/mol. The van der Waals surface area contributed by atoms with Crippen LogP contribution in [0.25, 0.3) is 10.9 Å². The van der Waals surface area contributed by atoms with Crippen LogP contribution in [0.5, 0.6) is 0 Å². The van der Waals surface area contributed by atoms with E-state index in [1.807, 2.05) is 17.3 Å². The molecule has 1 aliphatic carbocycles. The predicted octanol–water partition coefficient (Wildman–Crippen LogP) is 4.47. The summed E-state index contributed by atoms with van der Waals surface area (Å²) in [6, 6.07) is 12.4. The lowest BCUT2D eigenvalue weighted by Crippen LogP contribution is -2.45. The lowest BCUT2D eigenvalue weighted by molar-refractivity contribution is 0.260. The molecule has 0 bridgehead atoms. The number of halogens is 2. The standard InChI is InChI=1S/C27H27BClFN8/c28-27(18-4-6-19(30)7-5-18,24-16-38(36-34-24)21-8-9-21)33-20-12-22-25(35-37-10-2-1-3-11-37)17(14-31)15-32-26(22)23(29)13-20/h4-7,12-13,15-16,21,33-34,36H,1-3,8-11H2,(H,32,35). The molecule has 38 heavy (non-hydrogen) atoms. The molecular weight excluding hydrogens is 502 g/mol. The summed E-state index contributed by atoms with van der Waals surface area (Å²) in [4.78, 5) is 4.47. The molecular formula is C27H27BClFN8. The highest BCUT2D eigenvalue weighted by atomic mass is 35.5. The quantitative estimate of drug-likeness (QED) is 0.334. The van der Waals surface area contributed by atoms with Gasteiger partial charge in [-0.1, -0.05) is 30.2 Å². The number of nitriles is 1. The van der Waals surface area contributed by atoms with Crippen LogP contribution in [0.3, 0.4) is 0 Å². The van der Waals surface area contributed by atoms with Crippen LogP contribution in [0.2, 0.25) is 5.02 Å². The molecule has 1 unspecified atom stereocenters. The van der Waals surface area contributed by atoms with Crippen molar-refractivity contribution < 1.29 is 4.39 Å². The molecule has 4 N–H and O–H groups in total. The zero-order valence-electron chi connectivity index (χ0n) is 20.8. The number of fused-ring (bicyclic) bond motifs is 1. The van der Waals surface area contributed by atoms with Gasteiger partial charge in [0.2, 0.25) is 0 Å². The smallest absolute Gasteiger partial charge is 0.123 e. The molecule has 1 saturated carbocycles. The van der Waals surface area contributed by atoms with Crippen LogP contribution in [0.1, 0.15) is 43.2 Å². The van der Waals surface area contributed by atoms with Gasteiger partial charge in [0, 0.05) is 42.6 Å². The normalized spacial score (nSPS) is 19.4. The minimum Gasteiger partial charge on any atom is -0.378 e. The maximum atomic E-state index is 13.8. The molecule has 3 heterocycles. The number of aromatic nitrogens is 1. The highest BCUT2D eigenvalue weighted by molar-refractivity contribution is 6.36. The van der Waals surface area contributed by atoms with Crippen LogP contribution in [0.4, 0.5) is 15.8 Å². The Morgan fingerprint density at radius 2 is 1.92 bits per heavy atom. The second kappa shape index (κ2) is 9.99. The van der Waals surface area contributed by atoms with Crippen molar-refractivity contribution in [1.29, 1.82) is 5.26 Å². The van der Waals surface area contributed by atoms with Crippen molar-refractivity contribution in [1.82, 2.24) is 26.0 Å². The Morgan fingerprint density at radius 3 is 2.63 bits per heavy atom. The second-order valence-corrected chi connectivity index (χ2v) is 10.4. The zero-order valence-corrected chi connectivity index (χ0v) is 21.5. The molecule has 8 nitrogen and oxygen atoms in total. The topological polar surface area (TPSA) is 91.3 Å². The van der Waals surface area contributed by atoms with Crippen LogP contribution in [-0.2, 0) is 5.44 Å². The van der Waals surface area contributed by atoms with Crippen LogP contribution < -0.4 is 21.7 Å². The summed E-state index contributed by atoms with van der Waals surface area (Å²) >= 11 is 6.73. The Labute approximate surface area is 227 Å². The highest BCUT2D eigenvalue weighted by Gasteiger charge is 2.37. The van der Waals surface area contributed by atoms with Crippen molar-refractivity contribution in [2.24, 2.45) is 0 Å². The summed E-state index contributed by atoms with van der Waals surface area (Å²) in [5, 5.41) is 18.5. The lowest BCUT2D eigenvalue weighted by Gasteiger charge is -2.34. The summed E-state index contributed by atoms with van der Waals surface area (Å²) < 4.78 is 13.8. The number of pyridine rings is 1. The number of anilines is 2. The Morgan fingerprint density at radius 1 is 1.16 bits per heavy atom. The number of nitrogens with zero attached hydrogens (tertiary/aromatic N) is 4. The molecule has 3 aliphatic rings. The maximum absolute atomic E-state index is 13.8. The van der Waals surface area contributed by atoms with Gasteiger partial charge < -0.3 is 16.2 Å². The molecule has 1 atom stereocenters. The Kier molecular flexibility index (Phi) is 6.52. The lowest BCUT2D eigenvalue weighted by atomic mass is 9.69. The molecule has 2 aromatic carbocycles. The van der Waals surface area contributed by atoms with Crippen molar-refractivity contribution in [2.75, 3.05) is 23.8 Å². The van der Waals surface area contributed by atoms with Gasteiger partial charge in [-0.2, -0.15) is 5.26 Å². The minimum atomic E-state index is -1.25. The first-order valence-corrected chi connectivity index (χ1v) is 13.2. The average Bonchev–Trinajstić information content (AvgIpc) is 3.65. The summed E-state index contributed by atoms with van der Waals surface area (Å²) in [6.07, 6.45) is 9.06. The Bertz CT molecular complexity index is 1430. The maximum Gasteiger partial charge on any atom is 0.123 e. The van der Waals surface area contributed by atoms with E-state index in [0.717, 1.165) is 38.8 Å². The molecule has 6 rings (SSSR count). The van der Waals surface area contributed by atoms with E-state index in [2.05, 4.69) is 37.8 Å². The third kappa shape index (κ3) is 4.73. The minimum absolute atomic E-state index is 0.348. The van der Waals surface area contributed by atoms with Gasteiger partial charge in [0.15, 0.2) is 0 Å². The first-order chi connectivity index (χ1) is 18.4. The molecule has 0 amide bonds. The molecule has 2 radical (unpaired) electrons. The van der Waals surface area contributed by atoms with Crippen LogP contribution >= 0.6 is 11.6 Å². The van der Waals surface area contributed by atoms with E-state index in [1.165, 1.54) is 18.6 Å². The van der Waals surface area contributed by atoms with Crippen molar-refractivity contribution in [3.8, 4) is 6.07 Å². The SMILES string of the molecule is [B]C(Nc1cc(Cl)c2ncc(C#N)c(NN3CCCCC3)c2c1)(C1=CN(C2CC2)NN1)c1ccc(F)cc1. The van der Waals surface area contributed by atoms with Gasteiger partial charge >= 0.3 is 0 Å². The number of hydrogen-bond donors (Lipinski definition) is 4. The third-order valence-electron chi connectivity index (χ3n) is 7.27. The van der Waals surface area contributed by atoms with E-state index in [9.17, 15) is 9.65 Å². The fraction of sp³-hybridized carbons (Fsp3) is 0.333. The van der Waals surface area contributed by atoms with Gasteiger partial charge in [0.05, 0.1) is 32.9 Å². The molecule has 11 heteroatoms. The van der Waals surface area contributed by atoms with Gasteiger partial charge in [-0.15, -0.1) is 5.53 Å². The van der Waals surface area contributed by atoms with Gasteiger partial charge in [0.1, 0.15) is 19.7 Å².